The lowest BCUT2D eigenvalue weighted by Gasteiger charge is -2.11. The van der Waals surface area contributed by atoms with E-state index in [0.717, 1.165) is 37.8 Å². The van der Waals surface area contributed by atoms with E-state index >= 15 is 0 Å². The molecule has 0 unspecified atom stereocenters. The highest BCUT2D eigenvalue weighted by atomic mass is 32.2. The third kappa shape index (κ3) is 6.13. The second-order valence-corrected chi connectivity index (χ2v) is 10.0. The smallest absolute Gasteiger partial charge is 0.216 e. The van der Waals surface area contributed by atoms with Crippen LogP contribution < -0.4 is 10.6 Å². The molecule has 3 rings (SSSR count). The average molecular weight is 461 g/mol. The highest BCUT2D eigenvalue weighted by Gasteiger charge is 2.13. The van der Waals surface area contributed by atoms with Gasteiger partial charge in [-0.1, -0.05) is 48.2 Å². The number of nitrogens with zero attached hydrogens (tertiary/aromatic N) is 2. The Morgan fingerprint density at radius 2 is 1.97 bits per heavy atom. The number of anilines is 2. The van der Waals surface area contributed by atoms with E-state index in [1.165, 1.54) is 52.5 Å². The molecule has 0 atom stereocenters. The first-order valence-electron chi connectivity index (χ1n) is 9.64. The summed E-state index contributed by atoms with van der Waals surface area (Å²) in [5.41, 5.74) is 3.48. The number of para-hydroxylation sites is 1. The van der Waals surface area contributed by atoms with Crippen molar-refractivity contribution in [2.45, 2.75) is 38.0 Å². The van der Waals surface area contributed by atoms with E-state index in [1.807, 2.05) is 12.1 Å². The van der Waals surface area contributed by atoms with Crippen molar-refractivity contribution < 1.29 is 9.59 Å². The van der Waals surface area contributed by atoms with E-state index in [0.29, 0.717) is 12.3 Å². The predicted octanol–water partition coefficient (Wildman–Crippen LogP) is 4.87. The van der Waals surface area contributed by atoms with Crippen LogP contribution in [0.25, 0.3) is 0 Å². The Kier molecular flexibility index (Phi) is 8.01. The monoisotopic (exact) mass is 460 g/mol. The number of carbonyl (C=O) groups excluding carboxylic acids is 2. The van der Waals surface area contributed by atoms with Crippen molar-refractivity contribution in [3.05, 3.63) is 51.2 Å². The molecule has 3 aromatic rings. The molecular formula is C21H24N4O2S3. The van der Waals surface area contributed by atoms with Gasteiger partial charge >= 0.3 is 0 Å². The summed E-state index contributed by atoms with van der Waals surface area (Å²) < 4.78 is 0.764. The summed E-state index contributed by atoms with van der Waals surface area (Å²) in [7, 11) is 0. The Bertz CT molecular complexity index is 1030. The topological polar surface area (TPSA) is 84.0 Å². The third-order valence-electron chi connectivity index (χ3n) is 4.39. The molecule has 1 aromatic carbocycles. The number of Topliss-reactive ketones (excluding diaryl/α,β-unsaturated/α-hetero) is 1. The molecule has 0 bridgehead atoms. The van der Waals surface area contributed by atoms with Gasteiger partial charge in [-0.25, -0.2) is 0 Å². The number of nitrogens with one attached hydrogen (secondary N) is 2. The minimum Gasteiger partial charge on any atom is -0.356 e. The summed E-state index contributed by atoms with van der Waals surface area (Å²) >= 11 is 4.34. The molecule has 2 aromatic heterocycles. The van der Waals surface area contributed by atoms with Gasteiger partial charge in [-0.2, -0.15) is 0 Å². The molecule has 0 radical (unpaired) electrons. The van der Waals surface area contributed by atoms with Crippen LogP contribution in [0.4, 0.5) is 10.8 Å². The van der Waals surface area contributed by atoms with E-state index in [4.69, 9.17) is 0 Å². The number of hydrogen-bond donors (Lipinski definition) is 2. The van der Waals surface area contributed by atoms with Crippen molar-refractivity contribution in [3.8, 4) is 0 Å². The van der Waals surface area contributed by atoms with Crippen LogP contribution >= 0.6 is 34.4 Å². The van der Waals surface area contributed by atoms with Crippen molar-refractivity contribution in [1.82, 2.24) is 15.5 Å². The van der Waals surface area contributed by atoms with Crippen molar-refractivity contribution >= 4 is 56.9 Å². The fourth-order valence-corrected chi connectivity index (χ4v) is 5.53. The van der Waals surface area contributed by atoms with Crippen LogP contribution in [0.2, 0.25) is 0 Å². The Morgan fingerprint density at radius 3 is 2.73 bits per heavy atom. The summed E-state index contributed by atoms with van der Waals surface area (Å²) in [5, 5.41) is 15.3. The third-order valence-corrected chi connectivity index (χ3v) is 7.55. The first kappa shape index (κ1) is 22.5. The Labute approximate surface area is 188 Å². The summed E-state index contributed by atoms with van der Waals surface area (Å²) in [5.74, 6) is 0.358. The molecule has 0 aliphatic rings. The first-order valence-corrected chi connectivity index (χ1v) is 12.3. The summed E-state index contributed by atoms with van der Waals surface area (Å²) in [6.07, 6.45) is 1.67. The number of thioether (sulfide) groups is 1. The van der Waals surface area contributed by atoms with Gasteiger partial charge in [-0.05, 0) is 43.0 Å². The van der Waals surface area contributed by atoms with Gasteiger partial charge < -0.3 is 10.6 Å². The lowest BCUT2D eigenvalue weighted by atomic mass is 10.1. The van der Waals surface area contributed by atoms with Crippen LogP contribution in [-0.4, -0.2) is 34.2 Å². The van der Waals surface area contributed by atoms with Crippen LogP contribution in [0.15, 0.2) is 34.7 Å². The number of thiophene rings is 1. The number of carbonyl (C=O) groups is 2. The molecule has 0 spiro atoms. The van der Waals surface area contributed by atoms with E-state index in [9.17, 15) is 9.59 Å². The van der Waals surface area contributed by atoms with E-state index < -0.39 is 0 Å². The zero-order valence-corrected chi connectivity index (χ0v) is 19.6. The summed E-state index contributed by atoms with van der Waals surface area (Å²) in [4.78, 5) is 25.3. The molecule has 0 aliphatic heterocycles. The van der Waals surface area contributed by atoms with Crippen LogP contribution in [0.5, 0.6) is 0 Å². The minimum absolute atomic E-state index is 0.0430. The number of hydrogen-bond acceptors (Lipinski definition) is 8. The van der Waals surface area contributed by atoms with Crippen LogP contribution in [-0.2, 0) is 17.6 Å². The lowest BCUT2D eigenvalue weighted by Crippen LogP contribution is -2.22. The summed E-state index contributed by atoms with van der Waals surface area (Å²) in [6.45, 7) is 6.28. The van der Waals surface area contributed by atoms with Crippen LogP contribution in [0.3, 0.4) is 0 Å². The minimum atomic E-state index is -0.0430. The second kappa shape index (κ2) is 10.7. The molecule has 0 saturated carbocycles. The molecule has 6 nitrogen and oxygen atoms in total. The zero-order chi connectivity index (χ0) is 21.5. The second-order valence-electron chi connectivity index (χ2n) is 6.67. The molecule has 9 heteroatoms. The van der Waals surface area contributed by atoms with Gasteiger partial charge in [-0.3, -0.25) is 9.59 Å². The number of aromatic nitrogens is 2. The normalized spacial score (nSPS) is 10.8. The van der Waals surface area contributed by atoms with Crippen molar-refractivity contribution in [3.63, 3.8) is 0 Å². The van der Waals surface area contributed by atoms with Crippen LogP contribution in [0.1, 0.15) is 39.5 Å². The molecule has 0 fully saturated rings. The Morgan fingerprint density at radius 1 is 1.13 bits per heavy atom. The average Bonchev–Trinajstić information content (AvgIpc) is 3.37. The summed E-state index contributed by atoms with van der Waals surface area (Å²) in [6, 6.07) is 10.0. The zero-order valence-electron chi connectivity index (χ0n) is 17.2. The van der Waals surface area contributed by atoms with Gasteiger partial charge in [0.25, 0.3) is 0 Å². The fourth-order valence-electron chi connectivity index (χ4n) is 2.85. The SMILES string of the molecule is CCc1cccc(C)c1Nc1nnc(SCC(=O)c2ccc(CCNC(C)=O)s2)s1. The maximum absolute atomic E-state index is 12.5. The van der Waals surface area contributed by atoms with Crippen LogP contribution in [0, 0.1) is 6.92 Å². The standard InChI is InChI=1S/C21H24N4O2S3/c1-4-15-7-5-6-13(2)19(15)23-20-24-25-21(30-20)28-12-17(27)18-9-8-16(29-18)10-11-22-14(3)26/h5-9H,4,10-12H2,1-3H3,(H,22,26)(H,23,24). The van der Waals surface area contributed by atoms with E-state index in [1.54, 1.807) is 0 Å². The maximum Gasteiger partial charge on any atom is 0.216 e. The molecule has 2 N–H and O–H groups in total. The molecule has 0 saturated heterocycles. The molecule has 30 heavy (non-hydrogen) atoms. The first-order chi connectivity index (χ1) is 14.5. The van der Waals surface area contributed by atoms with Crippen molar-refractivity contribution in [2.24, 2.45) is 0 Å². The Balaban J connectivity index is 1.54. The van der Waals surface area contributed by atoms with Gasteiger partial charge in [0.1, 0.15) is 0 Å². The van der Waals surface area contributed by atoms with Crippen molar-refractivity contribution in [2.75, 3.05) is 17.6 Å². The number of benzene rings is 1. The fraction of sp³-hybridized carbons (Fsp3) is 0.333. The van der Waals surface area contributed by atoms with E-state index in [-0.39, 0.29) is 11.7 Å². The molecular weight excluding hydrogens is 436 g/mol. The molecule has 2 heterocycles. The highest BCUT2D eigenvalue weighted by Crippen LogP contribution is 2.31. The quantitative estimate of drug-likeness (QED) is 0.332. The number of amides is 1. The van der Waals surface area contributed by atoms with Gasteiger partial charge in [-0.15, -0.1) is 21.5 Å². The maximum atomic E-state index is 12.5. The largest absolute Gasteiger partial charge is 0.356 e. The Hall–Kier alpha value is -2.23. The highest BCUT2D eigenvalue weighted by molar-refractivity contribution is 8.01. The molecule has 1 amide bonds. The van der Waals surface area contributed by atoms with Gasteiger partial charge in [0.15, 0.2) is 10.1 Å². The van der Waals surface area contributed by atoms with Gasteiger partial charge in [0, 0.05) is 24.0 Å². The number of rotatable bonds is 10. The van der Waals surface area contributed by atoms with Gasteiger partial charge in [0.2, 0.25) is 11.0 Å². The van der Waals surface area contributed by atoms with Crippen molar-refractivity contribution in [1.29, 1.82) is 0 Å². The number of ketones is 1. The predicted molar refractivity (Wildman–Crippen MR) is 126 cm³/mol. The van der Waals surface area contributed by atoms with Gasteiger partial charge in [0.05, 0.1) is 10.6 Å². The lowest BCUT2D eigenvalue weighted by molar-refractivity contribution is -0.118. The van der Waals surface area contributed by atoms with E-state index in [2.05, 4.69) is 52.9 Å². The molecule has 0 aliphatic carbocycles. The molecule has 158 valence electrons. The number of aryl methyl sites for hydroxylation is 2.